The zero-order valence-electron chi connectivity index (χ0n) is 15.4. The highest BCUT2D eigenvalue weighted by Gasteiger charge is 2.42. The summed E-state index contributed by atoms with van der Waals surface area (Å²) in [6, 6.07) is 26.9. The summed E-state index contributed by atoms with van der Waals surface area (Å²) in [4.78, 5) is 36.8. The molecule has 0 aliphatic rings. The first-order valence-electron chi connectivity index (χ1n) is 9.08. The molecule has 0 amide bonds. The van der Waals surface area contributed by atoms with Crippen molar-refractivity contribution in [3.8, 4) is 0 Å². The lowest BCUT2D eigenvalue weighted by Gasteiger charge is -2.30. The molecule has 0 aliphatic heterocycles. The van der Waals surface area contributed by atoms with Crippen LogP contribution < -0.4 is 0 Å². The van der Waals surface area contributed by atoms with Crippen molar-refractivity contribution in [2.24, 2.45) is 0 Å². The zero-order chi connectivity index (χ0) is 19.7. The van der Waals surface area contributed by atoms with E-state index in [-0.39, 0.29) is 6.29 Å². The molecule has 0 saturated carbocycles. The molecule has 0 unspecified atom stereocenters. The third-order valence-electron chi connectivity index (χ3n) is 5.44. The van der Waals surface area contributed by atoms with E-state index in [0.29, 0.717) is 11.1 Å². The van der Waals surface area contributed by atoms with Crippen molar-refractivity contribution in [2.75, 3.05) is 0 Å². The Hall–Kier alpha value is -3.59. The van der Waals surface area contributed by atoms with E-state index in [4.69, 9.17) is 0 Å². The summed E-state index contributed by atoms with van der Waals surface area (Å²) in [6.07, 6.45) is 0.108. The summed E-state index contributed by atoms with van der Waals surface area (Å²) in [5, 5.41) is 3.70. The molecule has 0 N–H and O–H groups in total. The van der Waals surface area contributed by atoms with E-state index < -0.39 is 17.0 Å². The molecule has 3 nitrogen and oxygen atoms in total. The van der Waals surface area contributed by atoms with Crippen LogP contribution in [0.4, 0.5) is 0 Å². The zero-order valence-corrected chi connectivity index (χ0v) is 15.4. The van der Waals surface area contributed by atoms with Gasteiger partial charge in [-0.3, -0.25) is 14.4 Å². The third-order valence-corrected chi connectivity index (χ3v) is 5.44. The van der Waals surface area contributed by atoms with Gasteiger partial charge in [-0.1, -0.05) is 84.9 Å². The number of fused-ring (bicyclic) bond motifs is 2. The van der Waals surface area contributed by atoms with E-state index in [1.54, 1.807) is 6.92 Å². The van der Waals surface area contributed by atoms with Crippen molar-refractivity contribution in [1.82, 2.24) is 0 Å². The fourth-order valence-corrected chi connectivity index (χ4v) is 4.01. The second-order valence-corrected chi connectivity index (χ2v) is 6.99. The minimum absolute atomic E-state index is 0.108. The lowest BCUT2D eigenvalue weighted by atomic mass is 9.69. The summed E-state index contributed by atoms with van der Waals surface area (Å²) in [5.74, 6) is -1.75. The fraction of sp³-hybridized carbons (Fsp3) is 0.0800. The highest BCUT2D eigenvalue weighted by molar-refractivity contribution is 6.60. The van der Waals surface area contributed by atoms with Crippen LogP contribution in [0.2, 0.25) is 0 Å². The molecule has 0 fully saturated rings. The van der Waals surface area contributed by atoms with Gasteiger partial charge in [0.2, 0.25) is 5.78 Å². The predicted molar refractivity (Wildman–Crippen MR) is 110 cm³/mol. The van der Waals surface area contributed by atoms with Gasteiger partial charge in [0.25, 0.3) is 5.78 Å². The van der Waals surface area contributed by atoms with E-state index in [2.05, 4.69) is 0 Å². The maximum absolute atomic E-state index is 13.3. The van der Waals surface area contributed by atoms with Crippen LogP contribution in [0, 0.1) is 0 Å². The van der Waals surface area contributed by atoms with Crippen molar-refractivity contribution < 1.29 is 14.4 Å². The molecule has 136 valence electrons. The second-order valence-electron chi connectivity index (χ2n) is 6.99. The van der Waals surface area contributed by atoms with Crippen molar-refractivity contribution in [3.05, 3.63) is 96.1 Å². The predicted octanol–water partition coefficient (Wildman–Crippen LogP) is 4.64. The Morgan fingerprint density at radius 2 is 1.11 bits per heavy atom. The molecule has 0 heterocycles. The largest absolute Gasteiger partial charge is 0.294 e. The molecule has 4 aromatic carbocycles. The van der Waals surface area contributed by atoms with E-state index in [0.717, 1.165) is 21.5 Å². The lowest BCUT2D eigenvalue weighted by molar-refractivity contribution is -0.141. The van der Waals surface area contributed by atoms with Crippen LogP contribution in [0.3, 0.4) is 0 Å². The Labute approximate surface area is 162 Å². The Morgan fingerprint density at radius 1 is 0.679 bits per heavy atom. The van der Waals surface area contributed by atoms with Gasteiger partial charge < -0.3 is 0 Å². The first-order chi connectivity index (χ1) is 13.6. The van der Waals surface area contributed by atoms with Gasteiger partial charge in [0, 0.05) is 0 Å². The molecule has 4 rings (SSSR count). The number of hydrogen-bond donors (Lipinski definition) is 0. The Morgan fingerprint density at radius 3 is 1.57 bits per heavy atom. The summed E-state index contributed by atoms with van der Waals surface area (Å²) in [7, 11) is 0. The van der Waals surface area contributed by atoms with Gasteiger partial charge in [0.05, 0.1) is 5.41 Å². The van der Waals surface area contributed by atoms with E-state index in [9.17, 15) is 14.4 Å². The van der Waals surface area contributed by atoms with Gasteiger partial charge in [-0.15, -0.1) is 0 Å². The number of aldehydes is 1. The number of rotatable bonds is 5. The van der Waals surface area contributed by atoms with Gasteiger partial charge in [0.15, 0.2) is 6.29 Å². The monoisotopic (exact) mass is 366 g/mol. The first-order valence-corrected chi connectivity index (χ1v) is 9.08. The molecule has 0 saturated heterocycles. The third kappa shape index (κ3) is 2.64. The number of carbonyl (C=O) groups is 3. The van der Waals surface area contributed by atoms with Gasteiger partial charge in [-0.25, -0.2) is 0 Å². The Kier molecular flexibility index (Phi) is 4.36. The van der Waals surface area contributed by atoms with Crippen molar-refractivity contribution in [2.45, 2.75) is 12.3 Å². The molecular weight excluding hydrogens is 348 g/mol. The standard InChI is InChI=1S/C25H18O3/c1-25(24(28)23(27)16-26,21-14-6-10-17-8-2-4-12-19(17)21)22-15-7-11-18-9-3-5-13-20(18)22/h2-16H,1H3. The summed E-state index contributed by atoms with van der Waals surface area (Å²) in [5.41, 5.74) is 0.129. The van der Waals surface area contributed by atoms with Crippen molar-refractivity contribution in [3.63, 3.8) is 0 Å². The molecule has 0 aliphatic carbocycles. The Balaban J connectivity index is 2.13. The molecule has 28 heavy (non-hydrogen) atoms. The molecule has 3 heteroatoms. The smallest absolute Gasteiger partial charge is 0.262 e. The highest BCUT2D eigenvalue weighted by Crippen LogP contribution is 2.40. The van der Waals surface area contributed by atoms with Crippen LogP contribution in [0.15, 0.2) is 84.9 Å². The minimum Gasteiger partial charge on any atom is -0.294 e. The van der Waals surface area contributed by atoms with Crippen LogP contribution in [0.1, 0.15) is 18.1 Å². The number of Topliss-reactive ketones (excluding diaryl/α,β-unsaturated/α-hetero) is 2. The molecular formula is C25H18O3. The topological polar surface area (TPSA) is 51.2 Å². The van der Waals surface area contributed by atoms with Crippen LogP contribution in [0.5, 0.6) is 0 Å². The summed E-state index contributed by atoms with van der Waals surface area (Å²) in [6.45, 7) is 1.74. The normalized spacial score (nSPS) is 11.5. The second kappa shape index (κ2) is 6.86. The average Bonchev–Trinajstić information content (AvgIpc) is 2.76. The number of carbonyl (C=O) groups excluding carboxylic acids is 3. The summed E-state index contributed by atoms with van der Waals surface area (Å²) < 4.78 is 0. The van der Waals surface area contributed by atoms with E-state index in [1.165, 1.54) is 0 Å². The van der Waals surface area contributed by atoms with E-state index in [1.807, 2.05) is 84.9 Å². The average molecular weight is 366 g/mol. The molecule has 0 aromatic heterocycles. The van der Waals surface area contributed by atoms with Crippen LogP contribution in [0.25, 0.3) is 21.5 Å². The van der Waals surface area contributed by atoms with Crippen LogP contribution >= 0.6 is 0 Å². The maximum Gasteiger partial charge on any atom is 0.262 e. The van der Waals surface area contributed by atoms with E-state index >= 15 is 0 Å². The molecule has 0 radical (unpaired) electrons. The van der Waals surface area contributed by atoms with Crippen LogP contribution in [-0.2, 0) is 19.8 Å². The quantitative estimate of drug-likeness (QED) is 0.294. The first kappa shape index (κ1) is 17.8. The summed E-state index contributed by atoms with van der Waals surface area (Å²) >= 11 is 0. The van der Waals surface area contributed by atoms with Crippen molar-refractivity contribution >= 4 is 39.4 Å². The maximum atomic E-state index is 13.3. The van der Waals surface area contributed by atoms with Crippen molar-refractivity contribution in [1.29, 1.82) is 0 Å². The van der Waals surface area contributed by atoms with Gasteiger partial charge in [0.1, 0.15) is 0 Å². The highest BCUT2D eigenvalue weighted by atomic mass is 16.2. The van der Waals surface area contributed by atoms with Gasteiger partial charge >= 0.3 is 0 Å². The molecule has 0 spiro atoms. The SMILES string of the molecule is CC(C(=O)C(=O)C=O)(c1cccc2ccccc12)c1cccc2ccccc12. The molecule has 0 atom stereocenters. The number of ketones is 2. The van der Waals surface area contributed by atoms with Gasteiger partial charge in [-0.05, 0) is 39.6 Å². The minimum atomic E-state index is -1.29. The Bertz CT molecular complexity index is 1150. The molecule has 0 bridgehead atoms. The number of benzene rings is 4. The van der Waals surface area contributed by atoms with Crippen LogP contribution in [-0.4, -0.2) is 17.9 Å². The lowest BCUT2D eigenvalue weighted by Crippen LogP contribution is -2.40. The number of hydrogen-bond acceptors (Lipinski definition) is 3. The fourth-order valence-electron chi connectivity index (χ4n) is 4.01. The van der Waals surface area contributed by atoms with Gasteiger partial charge in [-0.2, -0.15) is 0 Å². The molecule has 4 aromatic rings.